The number of carbonyl (C=O) groups excluding carboxylic acids is 3. The van der Waals surface area contributed by atoms with Crippen LogP contribution in [0.15, 0.2) is 24.3 Å². The van der Waals surface area contributed by atoms with E-state index >= 15 is 0 Å². The van der Waals surface area contributed by atoms with Gasteiger partial charge in [0.15, 0.2) is 0 Å². The maximum Gasteiger partial charge on any atom is 0.251 e. The average Bonchev–Trinajstić information content (AvgIpc) is 3.43. The van der Waals surface area contributed by atoms with E-state index < -0.39 is 0 Å². The van der Waals surface area contributed by atoms with Crippen molar-refractivity contribution in [3.8, 4) is 0 Å². The van der Waals surface area contributed by atoms with Crippen LogP contribution < -0.4 is 10.6 Å². The number of hydrogen-bond donors (Lipinski definition) is 2. The van der Waals surface area contributed by atoms with Crippen molar-refractivity contribution in [2.24, 2.45) is 17.8 Å². The molecule has 0 unspecified atom stereocenters. The molecule has 3 fully saturated rings. The van der Waals surface area contributed by atoms with Gasteiger partial charge in [-0.15, -0.1) is 0 Å². The van der Waals surface area contributed by atoms with Crippen LogP contribution in [0.1, 0.15) is 62.7 Å². The molecule has 1 aliphatic heterocycles. The van der Waals surface area contributed by atoms with Crippen LogP contribution in [0.3, 0.4) is 0 Å². The molecular weight excluding hydrogens is 366 g/mol. The Morgan fingerprint density at radius 2 is 1.90 bits per heavy atom. The molecule has 1 aromatic rings. The predicted octanol–water partition coefficient (Wildman–Crippen LogP) is 3.19. The monoisotopic (exact) mass is 397 g/mol. The van der Waals surface area contributed by atoms with E-state index in [4.69, 9.17) is 0 Å². The van der Waals surface area contributed by atoms with Crippen molar-refractivity contribution in [3.05, 3.63) is 29.8 Å². The highest BCUT2D eigenvalue weighted by atomic mass is 16.2. The molecule has 4 atom stereocenters. The summed E-state index contributed by atoms with van der Waals surface area (Å²) >= 11 is 0. The highest BCUT2D eigenvalue weighted by Gasteiger charge is 2.41. The fourth-order valence-electron chi connectivity index (χ4n) is 4.70. The molecule has 4 rings (SSSR count). The first kappa shape index (κ1) is 19.9. The first-order valence-corrected chi connectivity index (χ1v) is 10.9. The summed E-state index contributed by atoms with van der Waals surface area (Å²) < 4.78 is 0. The Morgan fingerprint density at radius 1 is 1.10 bits per heavy atom. The Balaban J connectivity index is 1.38. The summed E-state index contributed by atoms with van der Waals surface area (Å²) in [5, 5.41) is 5.87. The summed E-state index contributed by atoms with van der Waals surface area (Å²) in [7, 11) is 0. The van der Waals surface area contributed by atoms with Crippen molar-refractivity contribution in [3.63, 3.8) is 0 Å². The van der Waals surface area contributed by atoms with Crippen molar-refractivity contribution in [2.75, 3.05) is 11.9 Å². The second-order valence-corrected chi connectivity index (χ2v) is 9.10. The maximum absolute atomic E-state index is 12.8. The van der Waals surface area contributed by atoms with Gasteiger partial charge in [0.25, 0.3) is 5.91 Å². The summed E-state index contributed by atoms with van der Waals surface area (Å²) in [4.78, 5) is 39.6. The lowest BCUT2D eigenvalue weighted by molar-refractivity contribution is -0.131. The van der Waals surface area contributed by atoms with Gasteiger partial charge >= 0.3 is 0 Å². The SMILES string of the molecule is C[C@@H]1[C@H](C)CCC[C@@H]1N1C[C@H](C(=O)Nc2cccc(C(=O)NC3CC3)c2)CC1=O. The van der Waals surface area contributed by atoms with E-state index in [2.05, 4.69) is 24.5 Å². The van der Waals surface area contributed by atoms with E-state index in [9.17, 15) is 14.4 Å². The Bertz CT molecular complexity index is 804. The van der Waals surface area contributed by atoms with E-state index in [0.29, 0.717) is 35.7 Å². The number of nitrogens with one attached hydrogen (secondary N) is 2. The van der Waals surface area contributed by atoms with Crippen LogP contribution in [0.5, 0.6) is 0 Å². The summed E-state index contributed by atoms with van der Waals surface area (Å²) in [6.07, 6.45) is 5.73. The van der Waals surface area contributed by atoms with Crippen LogP contribution in [-0.4, -0.2) is 41.2 Å². The third-order valence-electron chi connectivity index (χ3n) is 6.90. The van der Waals surface area contributed by atoms with E-state index in [1.54, 1.807) is 24.3 Å². The Morgan fingerprint density at radius 3 is 2.66 bits per heavy atom. The molecule has 1 heterocycles. The molecule has 0 radical (unpaired) electrons. The molecule has 6 nitrogen and oxygen atoms in total. The normalized spacial score (nSPS) is 29.6. The number of likely N-dealkylation sites (tertiary alicyclic amines) is 1. The van der Waals surface area contributed by atoms with E-state index in [1.165, 1.54) is 6.42 Å². The minimum atomic E-state index is -0.337. The molecule has 29 heavy (non-hydrogen) atoms. The van der Waals surface area contributed by atoms with Gasteiger partial charge in [0.2, 0.25) is 11.8 Å². The fourth-order valence-corrected chi connectivity index (χ4v) is 4.70. The number of rotatable bonds is 5. The molecule has 156 valence electrons. The van der Waals surface area contributed by atoms with Gasteiger partial charge in [-0.2, -0.15) is 0 Å². The van der Waals surface area contributed by atoms with Crippen molar-refractivity contribution in [2.45, 2.75) is 64.5 Å². The van der Waals surface area contributed by atoms with Crippen LogP contribution in [-0.2, 0) is 9.59 Å². The average molecular weight is 398 g/mol. The lowest BCUT2D eigenvalue weighted by Gasteiger charge is -2.40. The smallest absolute Gasteiger partial charge is 0.251 e. The first-order valence-electron chi connectivity index (χ1n) is 10.9. The zero-order chi connectivity index (χ0) is 20.5. The summed E-state index contributed by atoms with van der Waals surface area (Å²) in [6.45, 7) is 4.98. The van der Waals surface area contributed by atoms with Crippen LogP contribution in [0.25, 0.3) is 0 Å². The largest absolute Gasteiger partial charge is 0.349 e. The molecule has 6 heteroatoms. The summed E-state index contributed by atoms with van der Waals surface area (Å²) in [5.74, 6) is 0.586. The number of amides is 3. The minimum Gasteiger partial charge on any atom is -0.349 e. The third kappa shape index (κ3) is 4.46. The summed E-state index contributed by atoms with van der Waals surface area (Å²) in [6, 6.07) is 7.55. The van der Waals surface area contributed by atoms with Crippen LogP contribution in [0.2, 0.25) is 0 Å². The van der Waals surface area contributed by atoms with Crippen molar-refractivity contribution >= 4 is 23.4 Å². The first-order chi connectivity index (χ1) is 13.9. The third-order valence-corrected chi connectivity index (χ3v) is 6.90. The van der Waals surface area contributed by atoms with E-state index in [0.717, 1.165) is 25.7 Å². The maximum atomic E-state index is 12.8. The summed E-state index contributed by atoms with van der Waals surface area (Å²) in [5.41, 5.74) is 1.15. The number of hydrogen-bond acceptors (Lipinski definition) is 3. The lowest BCUT2D eigenvalue weighted by atomic mass is 9.77. The quantitative estimate of drug-likeness (QED) is 0.801. The topological polar surface area (TPSA) is 78.5 Å². The molecule has 3 aliphatic rings. The zero-order valence-corrected chi connectivity index (χ0v) is 17.3. The highest BCUT2D eigenvalue weighted by molar-refractivity contribution is 5.99. The molecule has 2 saturated carbocycles. The number of carbonyl (C=O) groups is 3. The number of anilines is 1. The van der Waals surface area contributed by atoms with Gasteiger partial charge < -0.3 is 15.5 Å². The molecule has 0 spiro atoms. The predicted molar refractivity (Wildman–Crippen MR) is 111 cm³/mol. The van der Waals surface area contributed by atoms with Crippen molar-refractivity contribution in [1.82, 2.24) is 10.2 Å². The van der Waals surface area contributed by atoms with Gasteiger partial charge in [0, 0.05) is 36.3 Å². The van der Waals surface area contributed by atoms with Crippen LogP contribution >= 0.6 is 0 Å². The molecule has 1 saturated heterocycles. The fraction of sp³-hybridized carbons (Fsp3) is 0.609. The standard InChI is InChI=1S/C23H31N3O3/c1-14-5-3-8-20(15(14)2)26-13-17(12-21(26)27)23(29)25-19-7-4-6-16(11-19)22(28)24-18-9-10-18/h4,6-7,11,14-15,17-18,20H,3,5,8-10,12-13H2,1-2H3,(H,24,28)(H,25,29)/t14-,15-,17-,20+/m1/s1. The zero-order valence-electron chi connectivity index (χ0n) is 17.3. The van der Waals surface area contributed by atoms with E-state index in [-0.39, 0.29) is 36.1 Å². The van der Waals surface area contributed by atoms with Crippen LogP contribution in [0.4, 0.5) is 5.69 Å². The van der Waals surface area contributed by atoms with Gasteiger partial charge in [0.05, 0.1) is 5.92 Å². The Labute approximate surface area is 172 Å². The molecule has 0 bridgehead atoms. The minimum absolute atomic E-state index is 0.0914. The number of nitrogens with zero attached hydrogens (tertiary/aromatic N) is 1. The van der Waals surface area contributed by atoms with Crippen molar-refractivity contribution in [1.29, 1.82) is 0 Å². The van der Waals surface area contributed by atoms with E-state index in [1.807, 2.05) is 4.90 Å². The molecule has 1 aromatic carbocycles. The lowest BCUT2D eigenvalue weighted by Crippen LogP contribution is -2.45. The second kappa shape index (κ2) is 8.17. The molecule has 2 aliphatic carbocycles. The van der Waals surface area contributed by atoms with Crippen molar-refractivity contribution < 1.29 is 14.4 Å². The highest BCUT2D eigenvalue weighted by Crippen LogP contribution is 2.36. The van der Waals surface area contributed by atoms with Gasteiger partial charge in [-0.05, 0) is 49.3 Å². The molecule has 0 aromatic heterocycles. The Kier molecular flexibility index (Phi) is 5.61. The van der Waals surface area contributed by atoms with Gasteiger partial charge in [0.1, 0.15) is 0 Å². The van der Waals surface area contributed by atoms with Gasteiger partial charge in [-0.25, -0.2) is 0 Å². The van der Waals surface area contributed by atoms with Crippen LogP contribution in [0, 0.1) is 17.8 Å². The molecular formula is C23H31N3O3. The second-order valence-electron chi connectivity index (χ2n) is 9.10. The van der Waals surface area contributed by atoms with Gasteiger partial charge in [-0.3, -0.25) is 14.4 Å². The molecule has 3 amide bonds. The molecule has 2 N–H and O–H groups in total. The number of benzene rings is 1. The van der Waals surface area contributed by atoms with Gasteiger partial charge in [-0.1, -0.05) is 32.8 Å². The Hall–Kier alpha value is -2.37.